The van der Waals surface area contributed by atoms with Crippen LogP contribution in [0.15, 0.2) is 47.5 Å². The number of piperazine rings is 1. The molecule has 2 fully saturated rings. The standard InChI is InChI=1S/C27H26F7N7O3/c28-20-3-1-2-4-21(20)44-18-11-17(41(15-18)22-12-19(27(32,33)34)24(43)38-37-22)5-6-23(42)39-7-9-40(10-8-39)25-35-13-16(14-36-25)26(29,30)31/h1-4,12-14,17-18H,5-11,15H2,(H,38,43)/t17-,18+/m1/s1. The number of para-hydroxylation sites is 1. The Balaban J connectivity index is 1.24. The zero-order chi connectivity index (χ0) is 31.6. The molecule has 10 nitrogen and oxygen atoms in total. The number of ether oxygens (including phenoxy) is 1. The molecule has 3 aromatic rings. The van der Waals surface area contributed by atoms with Crippen molar-refractivity contribution in [2.75, 3.05) is 42.5 Å². The third-order valence-corrected chi connectivity index (χ3v) is 7.47. The van der Waals surface area contributed by atoms with Crippen molar-refractivity contribution in [3.8, 4) is 5.75 Å². The molecule has 0 bridgehead atoms. The van der Waals surface area contributed by atoms with Crippen LogP contribution in [-0.4, -0.2) is 75.8 Å². The molecule has 44 heavy (non-hydrogen) atoms. The van der Waals surface area contributed by atoms with Gasteiger partial charge in [-0.15, -0.1) is 0 Å². The Morgan fingerprint density at radius 3 is 2.32 bits per heavy atom. The fraction of sp³-hybridized carbons (Fsp3) is 0.444. The molecule has 4 heterocycles. The summed E-state index contributed by atoms with van der Waals surface area (Å²) in [7, 11) is 0. The lowest BCUT2D eigenvalue weighted by atomic mass is 10.1. The second kappa shape index (κ2) is 12.3. The minimum absolute atomic E-state index is 0.0137. The second-order valence-electron chi connectivity index (χ2n) is 10.4. The molecule has 0 aliphatic carbocycles. The molecular formula is C27H26F7N7O3. The molecule has 2 saturated heterocycles. The van der Waals surface area contributed by atoms with E-state index in [1.807, 2.05) is 5.10 Å². The van der Waals surface area contributed by atoms with Crippen molar-refractivity contribution < 1.29 is 40.3 Å². The minimum Gasteiger partial charge on any atom is -0.485 e. The fourth-order valence-corrected chi connectivity index (χ4v) is 5.22. The molecule has 2 atom stereocenters. The minimum atomic E-state index is -4.92. The number of alkyl halides is 6. The lowest BCUT2D eigenvalue weighted by Crippen LogP contribution is -2.49. The van der Waals surface area contributed by atoms with E-state index in [1.54, 1.807) is 15.9 Å². The molecule has 236 valence electrons. The largest absolute Gasteiger partial charge is 0.485 e. The quantitative estimate of drug-likeness (QED) is 0.393. The molecule has 2 aliphatic heterocycles. The first kappa shape index (κ1) is 31.0. The van der Waals surface area contributed by atoms with Crippen LogP contribution in [0.1, 0.15) is 30.4 Å². The number of amides is 1. The van der Waals surface area contributed by atoms with E-state index in [1.165, 1.54) is 23.1 Å². The molecule has 0 radical (unpaired) electrons. The predicted molar refractivity (Wildman–Crippen MR) is 141 cm³/mol. The molecule has 1 amide bonds. The summed E-state index contributed by atoms with van der Waals surface area (Å²) in [6, 6.07) is 5.80. The number of hydrogen-bond donors (Lipinski definition) is 1. The first-order valence-corrected chi connectivity index (χ1v) is 13.6. The third kappa shape index (κ3) is 7.02. The number of anilines is 2. The SMILES string of the molecule is O=C(CC[C@@H]1C[C@H](Oc2ccccc2F)CN1c1cc(C(F)(F)F)c(=O)[nH]n1)N1CCN(c2ncc(C(F)(F)F)cn2)CC1. The van der Waals surface area contributed by atoms with Crippen LogP contribution in [0.5, 0.6) is 5.75 Å². The van der Waals surface area contributed by atoms with Gasteiger partial charge in [0.15, 0.2) is 11.6 Å². The van der Waals surface area contributed by atoms with Crippen LogP contribution in [0.3, 0.4) is 0 Å². The van der Waals surface area contributed by atoms with Crippen molar-refractivity contribution in [1.82, 2.24) is 25.1 Å². The van der Waals surface area contributed by atoms with Gasteiger partial charge in [0.25, 0.3) is 5.56 Å². The number of rotatable bonds is 7. The van der Waals surface area contributed by atoms with Gasteiger partial charge in [-0.25, -0.2) is 19.5 Å². The van der Waals surface area contributed by atoms with Crippen molar-refractivity contribution in [2.24, 2.45) is 0 Å². The van der Waals surface area contributed by atoms with Crippen LogP contribution in [0.4, 0.5) is 42.5 Å². The second-order valence-corrected chi connectivity index (χ2v) is 10.4. The summed E-state index contributed by atoms with van der Waals surface area (Å²) in [5.41, 5.74) is -3.79. The molecule has 1 aromatic carbocycles. The smallest absolute Gasteiger partial charge is 0.421 e. The Morgan fingerprint density at radius 2 is 1.68 bits per heavy atom. The molecular weight excluding hydrogens is 603 g/mol. The monoisotopic (exact) mass is 629 g/mol. The highest BCUT2D eigenvalue weighted by molar-refractivity contribution is 5.76. The van der Waals surface area contributed by atoms with E-state index in [9.17, 15) is 40.3 Å². The van der Waals surface area contributed by atoms with E-state index in [0.29, 0.717) is 18.5 Å². The van der Waals surface area contributed by atoms with Crippen molar-refractivity contribution in [3.63, 3.8) is 0 Å². The van der Waals surface area contributed by atoms with Crippen LogP contribution in [0.25, 0.3) is 0 Å². The van der Waals surface area contributed by atoms with Gasteiger partial charge >= 0.3 is 12.4 Å². The predicted octanol–water partition coefficient (Wildman–Crippen LogP) is 3.89. The van der Waals surface area contributed by atoms with E-state index in [-0.39, 0.29) is 75.4 Å². The van der Waals surface area contributed by atoms with E-state index in [0.717, 1.165) is 0 Å². The van der Waals surface area contributed by atoms with Gasteiger partial charge in [-0.2, -0.15) is 31.4 Å². The maximum absolute atomic E-state index is 14.2. The van der Waals surface area contributed by atoms with Crippen LogP contribution in [0.2, 0.25) is 0 Å². The third-order valence-electron chi connectivity index (χ3n) is 7.47. The average molecular weight is 630 g/mol. The lowest BCUT2D eigenvalue weighted by molar-refractivity contribution is -0.139. The summed E-state index contributed by atoms with van der Waals surface area (Å²) in [6.45, 7) is 1.11. The van der Waals surface area contributed by atoms with E-state index in [2.05, 4.69) is 15.1 Å². The Hall–Kier alpha value is -4.44. The molecule has 0 spiro atoms. The summed E-state index contributed by atoms with van der Waals surface area (Å²) in [5.74, 6) is -0.935. The number of benzene rings is 1. The number of carbonyl (C=O) groups excluding carboxylic acids is 1. The van der Waals surface area contributed by atoms with Crippen molar-refractivity contribution >= 4 is 17.7 Å². The maximum atomic E-state index is 14.2. The number of aromatic amines is 1. The van der Waals surface area contributed by atoms with Crippen LogP contribution in [-0.2, 0) is 17.1 Å². The summed E-state index contributed by atoms with van der Waals surface area (Å²) in [4.78, 5) is 37.2. The Labute approximate surface area is 245 Å². The topological polar surface area (TPSA) is 108 Å². The van der Waals surface area contributed by atoms with Crippen molar-refractivity contribution in [3.05, 3.63) is 70.0 Å². The zero-order valence-electron chi connectivity index (χ0n) is 22.9. The molecule has 5 rings (SSSR count). The number of nitrogens with one attached hydrogen (secondary N) is 1. The van der Waals surface area contributed by atoms with Crippen LogP contribution < -0.4 is 20.1 Å². The molecule has 0 saturated carbocycles. The molecule has 2 aliphatic rings. The summed E-state index contributed by atoms with van der Waals surface area (Å²) < 4.78 is 98.7. The average Bonchev–Trinajstić information content (AvgIpc) is 3.39. The fourth-order valence-electron chi connectivity index (χ4n) is 5.22. The number of H-pyrrole nitrogens is 1. The number of hydrogen-bond acceptors (Lipinski definition) is 8. The highest BCUT2D eigenvalue weighted by Gasteiger charge is 2.39. The van der Waals surface area contributed by atoms with E-state index in [4.69, 9.17) is 4.74 Å². The van der Waals surface area contributed by atoms with Gasteiger partial charge in [-0.3, -0.25) is 9.59 Å². The summed E-state index contributed by atoms with van der Waals surface area (Å²) in [6.07, 6.45) is -8.29. The zero-order valence-corrected chi connectivity index (χ0v) is 22.9. The number of nitrogens with zero attached hydrogens (tertiary/aromatic N) is 6. The summed E-state index contributed by atoms with van der Waals surface area (Å²) >= 11 is 0. The number of halogens is 7. The maximum Gasteiger partial charge on any atom is 0.421 e. The number of aromatic nitrogens is 4. The van der Waals surface area contributed by atoms with Gasteiger partial charge in [-0.05, 0) is 18.6 Å². The van der Waals surface area contributed by atoms with Gasteiger partial charge < -0.3 is 19.4 Å². The van der Waals surface area contributed by atoms with Gasteiger partial charge in [0.2, 0.25) is 11.9 Å². The normalized spacial score (nSPS) is 19.4. The van der Waals surface area contributed by atoms with Gasteiger partial charge in [0.05, 0.1) is 12.1 Å². The van der Waals surface area contributed by atoms with Crippen LogP contribution in [0, 0.1) is 5.82 Å². The Bertz CT molecular complexity index is 1520. The molecule has 17 heteroatoms. The summed E-state index contributed by atoms with van der Waals surface area (Å²) in [5, 5.41) is 5.68. The highest BCUT2D eigenvalue weighted by Crippen LogP contribution is 2.33. The molecule has 2 aromatic heterocycles. The first-order chi connectivity index (χ1) is 20.8. The van der Waals surface area contributed by atoms with Crippen LogP contribution >= 0.6 is 0 Å². The molecule has 1 N–H and O–H groups in total. The molecule has 0 unspecified atom stereocenters. The Morgan fingerprint density at radius 1 is 1.00 bits per heavy atom. The van der Waals surface area contributed by atoms with E-state index >= 15 is 0 Å². The van der Waals surface area contributed by atoms with Crippen molar-refractivity contribution in [2.45, 2.75) is 43.8 Å². The highest BCUT2D eigenvalue weighted by atomic mass is 19.4. The van der Waals surface area contributed by atoms with Gasteiger partial charge in [-0.1, -0.05) is 12.1 Å². The lowest BCUT2D eigenvalue weighted by Gasteiger charge is -2.35. The Kier molecular flexibility index (Phi) is 8.65. The van der Waals surface area contributed by atoms with Gasteiger partial charge in [0.1, 0.15) is 17.5 Å². The van der Waals surface area contributed by atoms with Crippen molar-refractivity contribution in [1.29, 1.82) is 0 Å². The van der Waals surface area contributed by atoms with Gasteiger partial charge in [0, 0.05) is 63.5 Å². The van der Waals surface area contributed by atoms with E-state index < -0.39 is 47.0 Å². The first-order valence-electron chi connectivity index (χ1n) is 13.6. The number of carbonyl (C=O) groups is 1.